The van der Waals surface area contributed by atoms with Crippen LogP contribution < -0.4 is 4.84 Å². The van der Waals surface area contributed by atoms with E-state index in [4.69, 9.17) is 4.84 Å². The van der Waals surface area contributed by atoms with Crippen molar-refractivity contribution in [3.63, 3.8) is 0 Å². The normalized spacial score (nSPS) is 15.3. The van der Waals surface area contributed by atoms with Crippen LogP contribution in [0.25, 0.3) is 11.0 Å². The lowest BCUT2D eigenvalue weighted by Gasteiger charge is -2.31. The Morgan fingerprint density at radius 2 is 1.81 bits per heavy atom. The zero-order valence-electron chi connectivity index (χ0n) is 15.0. The van der Waals surface area contributed by atoms with Crippen molar-refractivity contribution in [2.75, 3.05) is 13.1 Å². The standard InChI is InChI=1S/C19H22N4O.ClH.H2O/c1-13-18(19-17(21-13)12-20-14(2)22-19)15-8-10-23(11-9-15)24-16-6-4-3-5-7-16;;/h3-7,12,15,21H,8-11H2,1-2H3;1H;1H2. The second kappa shape index (κ2) is 8.49. The number of hydrogen-bond donors (Lipinski definition) is 1. The van der Waals surface area contributed by atoms with Crippen LogP contribution in [0, 0.1) is 13.8 Å². The Morgan fingerprint density at radius 3 is 2.50 bits per heavy atom. The van der Waals surface area contributed by atoms with E-state index in [0.29, 0.717) is 5.92 Å². The molecular weight excluding hydrogens is 352 g/mol. The summed E-state index contributed by atoms with van der Waals surface area (Å²) in [5.74, 6) is 2.25. The molecule has 1 aliphatic heterocycles. The minimum Gasteiger partial charge on any atom is -0.412 e. The second-order valence-corrected chi connectivity index (χ2v) is 6.45. The van der Waals surface area contributed by atoms with Gasteiger partial charge in [-0.1, -0.05) is 18.2 Å². The molecule has 0 aliphatic carbocycles. The van der Waals surface area contributed by atoms with E-state index < -0.39 is 0 Å². The van der Waals surface area contributed by atoms with Gasteiger partial charge in [0.15, 0.2) is 0 Å². The minimum absolute atomic E-state index is 0. The molecule has 3 N–H and O–H groups in total. The molecule has 3 aromatic rings. The largest absolute Gasteiger partial charge is 0.412 e. The van der Waals surface area contributed by atoms with Crippen LogP contribution in [0.5, 0.6) is 5.75 Å². The van der Waals surface area contributed by atoms with Gasteiger partial charge < -0.3 is 15.3 Å². The van der Waals surface area contributed by atoms with E-state index in [1.165, 1.54) is 11.3 Å². The number of fused-ring (bicyclic) bond motifs is 1. The number of piperidine rings is 1. The molecule has 1 aliphatic rings. The van der Waals surface area contributed by atoms with E-state index in [9.17, 15) is 0 Å². The van der Waals surface area contributed by atoms with Crippen molar-refractivity contribution in [3.8, 4) is 5.75 Å². The fraction of sp³-hybridized carbons (Fsp3) is 0.368. The van der Waals surface area contributed by atoms with E-state index in [1.54, 1.807) is 0 Å². The Morgan fingerprint density at radius 1 is 1.12 bits per heavy atom. The summed E-state index contributed by atoms with van der Waals surface area (Å²) in [6.07, 6.45) is 4.04. The molecule has 1 fully saturated rings. The number of hydroxylamine groups is 2. The van der Waals surface area contributed by atoms with Crippen LogP contribution in [-0.2, 0) is 0 Å². The number of nitrogens with one attached hydrogen (secondary N) is 1. The number of benzene rings is 1. The first-order chi connectivity index (χ1) is 11.7. The molecule has 1 aromatic carbocycles. The molecule has 6 nitrogen and oxygen atoms in total. The number of rotatable bonds is 3. The average molecular weight is 377 g/mol. The lowest BCUT2D eigenvalue weighted by molar-refractivity contribution is -0.0755. The van der Waals surface area contributed by atoms with E-state index >= 15 is 0 Å². The summed E-state index contributed by atoms with van der Waals surface area (Å²) in [6, 6.07) is 9.99. The maximum atomic E-state index is 5.96. The summed E-state index contributed by atoms with van der Waals surface area (Å²) in [5.41, 5.74) is 4.70. The number of halogens is 1. The lowest BCUT2D eigenvalue weighted by atomic mass is 9.89. The van der Waals surface area contributed by atoms with Gasteiger partial charge in [-0.05, 0) is 44.7 Å². The van der Waals surface area contributed by atoms with Gasteiger partial charge in [-0.25, -0.2) is 9.97 Å². The molecule has 0 radical (unpaired) electrons. The minimum atomic E-state index is 0. The monoisotopic (exact) mass is 376 g/mol. The quantitative estimate of drug-likeness (QED) is 0.759. The van der Waals surface area contributed by atoms with Crippen molar-refractivity contribution >= 4 is 23.4 Å². The first kappa shape index (κ1) is 20.2. The van der Waals surface area contributed by atoms with Crippen molar-refractivity contribution in [2.45, 2.75) is 32.6 Å². The molecule has 4 rings (SSSR count). The summed E-state index contributed by atoms with van der Waals surface area (Å²) >= 11 is 0. The van der Waals surface area contributed by atoms with Gasteiger partial charge in [0, 0.05) is 24.3 Å². The number of aromatic amines is 1. The number of aryl methyl sites for hydroxylation is 2. The summed E-state index contributed by atoms with van der Waals surface area (Å²) in [6.45, 7) is 5.94. The molecule has 26 heavy (non-hydrogen) atoms. The highest BCUT2D eigenvalue weighted by molar-refractivity contribution is 5.85. The van der Waals surface area contributed by atoms with Crippen LogP contribution >= 0.6 is 12.4 Å². The van der Waals surface area contributed by atoms with E-state index in [2.05, 4.69) is 26.9 Å². The zero-order valence-corrected chi connectivity index (χ0v) is 15.8. The smallest absolute Gasteiger partial charge is 0.147 e. The summed E-state index contributed by atoms with van der Waals surface area (Å²) < 4.78 is 0. The van der Waals surface area contributed by atoms with Crippen molar-refractivity contribution in [1.82, 2.24) is 20.0 Å². The van der Waals surface area contributed by atoms with Crippen LogP contribution in [-0.4, -0.2) is 38.6 Å². The molecule has 1 saturated heterocycles. The molecule has 140 valence electrons. The molecule has 0 unspecified atom stereocenters. The Bertz CT molecular complexity index is 845. The van der Waals surface area contributed by atoms with E-state index in [1.807, 2.05) is 43.5 Å². The molecule has 0 spiro atoms. The Kier molecular flexibility index (Phi) is 6.58. The van der Waals surface area contributed by atoms with Crippen LogP contribution in [0.3, 0.4) is 0 Å². The molecule has 0 amide bonds. The molecule has 7 heteroatoms. The predicted molar refractivity (Wildman–Crippen MR) is 105 cm³/mol. The summed E-state index contributed by atoms with van der Waals surface area (Å²) in [4.78, 5) is 18.4. The zero-order chi connectivity index (χ0) is 16.5. The van der Waals surface area contributed by atoms with Gasteiger partial charge >= 0.3 is 0 Å². The highest BCUT2D eigenvalue weighted by Crippen LogP contribution is 2.34. The summed E-state index contributed by atoms with van der Waals surface area (Å²) in [5, 5.41) is 2.07. The SMILES string of the molecule is Cc1ncc2[nH]c(C)c(C3CCN(Oc4ccccc4)CC3)c2n1.Cl.O. The third-order valence-electron chi connectivity index (χ3n) is 4.73. The van der Waals surface area contributed by atoms with Crippen molar-refractivity contribution < 1.29 is 10.3 Å². The van der Waals surface area contributed by atoms with Crippen LogP contribution in [0.2, 0.25) is 0 Å². The van der Waals surface area contributed by atoms with Crippen molar-refractivity contribution in [2.24, 2.45) is 0 Å². The van der Waals surface area contributed by atoms with E-state index in [-0.39, 0.29) is 17.9 Å². The highest BCUT2D eigenvalue weighted by atomic mass is 35.5. The highest BCUT2D eigenvalue weighted by Gasteiger charge is 2.26. The molecule has 0 saturated carbocycles. The predicted octanol–water partition coefficient (Wildman–Crippen LogP) is 3.35. The first-order valence-corrected chi connectivity index (χ1v) is 8.50. The second-order valence-electron chi connectivity index (χ2n) is 6.45. The molecule has 3 heterocycles. The molecule has 0 atom stereocenters. The fourth-order valence-electron chi connectivity index (χ4n) is 3.58. The van der Waals surface area contributed by atoms with Gasteiger partial charge in [0.05, 0.1) is 17.2 Å². The fourth-order valence-corrected chi connectivity index (χ4v) is 3.58. The Hall–Kier alpha value is -2.15. The van der Waals surface area contributed by atoms with Crippen LogP contribution in [0.15, 0.2) is 36.5 Å². The lowest BCUT2D eigenvalue weighted by Crippen LogP contribution is -2.35. The maximum Gasteiger partial charge on any atom is 0.147 e. The van der Waals surface area contributed by atoms with Crippen LogP contribution in [0.4, 0.5) is 0 Å². The topological polar surface area (TPSA) is 85.5 Å². The van der Waals surface area contributed by atoms with Gasteiger partial charge in [0.25, 0.3) is 0 Å². The Balaban J connectivity index is 0.00000121. The summed E-state index contributed by atoms with van der Waals surface area (Å²) in [7, 11) is 0. The average Bonchev–Trinajstić information content (AvgIpc) is 2.92. The van der Waals surface area contributed by atoms with Gasteiger partial charge in [0.2, 0.25) is 0 Å². The number of aromatic nitrogens is 3. The number of hydrogen-bond acceptors (Lipinski definition) is 4. The van der Waals surface area contributed by atoms with Crippen LogP contribution in [0.1, 0.15) is 35.8 Å². The Labute approximate surface area is 159 Å². The molecular formula is C19H25ClN4O2. The first-order valence-electron chi connectivity index (χ1n) is 8.50. The maximum absolute atomic E-state index is 5.96. The molecule has 2 aromatic heterocycles. The number of nitrogens with zero attached hydrogens (tertiary/aromatic N) is 3. The van der Waals surface area contributed by atoms with Gasteiger partial charge in [-0.3, -0.25) is 0 Å². The van der Waals surface area contributed by atoms with Crippen molar-refractivity contribution in [3.05, 3.63) is 53.6 Å². The third-order valence-corrected chi connectivity index (χ3v) is 4.73. The number of H-pyrrole nitrogens is 1. The molecule has 0 bridgehead atoms. The van der Waals surface area contributed by atoms with E-state index in [0.717, 1.165) is 48.5 Å². The third kappa shape index (κ3) is 3.98. The van der Waals surface area contributed by atoms with Gasteiger partial charge in [-0.15, -0.1) is 17.5 Å². The van der Waals surface area contributed by atoms with Crippen molar-refractivity contribution in [1.29, 1.82) is 0 Å². The number of para-hydroxylation sites is 1. The van der Waals surface area contributed by atoms with Gasteiger partial charge in [0.1, 0.15) is 11.6 Å². The van der Waals surface area contributed by atoms with Gasteiger partial charge in [-0.2, -0.15) is 0 Å².